The first-order valence-corrected chi connectivity index (χ1v) is 10.3. The van der Waals surface area contributed by atoms with Crippen molar-refractivity contribution in [2.75, 3.05) is 23.3 Å². The molecular weight excluding hydrogens is 394 g/mol. The SMILES string of the molecule is Cc1nc(NC(=O)c2cccc(-c3cnn(C)c3)n2)cc(N2CC[C@H](C(C)(C)O)C2)n1. The van der Waals surface area contributed by atoms with E-state index in [1.807, 2.05) is 33.2 Å². The highest BCUT2D eigenvalue weighted by atomic mass is 16.3. The van der Waals surface area contributed by atoms with Crippen molar-refractivity contribution in [2.24, 2.45) is 13.0 Å². The monoisotopic (exact) mass is 421 g/mol. The normalized spacial score (nSPS) is 16.5. The van der Waals surface area contributed by atoms with Crippen LogP contribution in [0.15, 0.2) is 36.7 Å². The second-order valence-electron chi connectivity index (χ2n) is 8.51. The van der Waals surface area contributed by atoms with E-state index in [0.717, 1.165) is 24.3 Å². The average Bonchev–Trinajstić information content (AvgIpc) is 3.37. The lowest BCUT2D eigenvalue weighted by atomic mass is 9.90. The van der Waals surface area contributed by atoms with E-state index < -0.39 is 5.60 Å². The molecule has 0 bridgehead atoms. The lowest BCUT2D eigenvalue weighted by Crippen LogP contribution is -2.33. The maximum atomic E-state index is 12.8. The van der Waals surface area contributed by atoms with Gasteiger partial charge in [-0.25, -0.2) is 15.0 Å². The van der Waals surface area contributed by atoms with Gasteiger partial charge in [0.1, 0.15) is 23.2 Å². The maximum Gasteiger partial charge on any atom is 0.275 e. The molecule has 0 unspecified atom stereocenters. The Bertz CT molecular complexity index is 1100. The fraction of sp³-hybridized carbons (Fsp3) is 0.409. The van der Waals surface area contributed by atoms with Crippen LogP contribution in [-0.4, -0.2) is 54.4 Å². The second kappa shape index (κ2) is 8.07. The molecule has 2 N–H and O–H groups in total. The molecule has 3 aromatic rings. The van der Waals surface area contributed by atoms with Crippen LogP contribution in [0.1, 0.15) is 36.6 Å². The van der Waals surface area contributed by atoms with Crippen molar-refractivity contribution < 1.29 is 9.90 Å². The summed E-state index contributed by atoms with van der Waals surface area (Å²) in [4.78, 5) is 28.3. The molecule has 1 fully saturated rings. The lowest BCUT2D eigenvalue weighted by molar-refractivity contribution is 0.0263. The molecule has 1 amide bonds. The largest absolute Gasteiger partial charge is 0.390 e. The highest BCUT2D eigenvalue weighted by molar-refractivity contribution is 6.02. The molecule has 0 aromatic carbocycles. The van der Waals surface area contributed by atoms with E-state index in [1.54, 1.807) is 36.0 Å². The highest BCUT2D eigenvalue weighted by Gasteiger charge is 2.34. The number of pyridine rings is 1. The van der Waals surface area contributed by atoms with E-state index in [9.17, 15) is 9.90 Å². The van der Waals surface area contributed by atoms with Crippen LogP contribution in [0.25, 0.3) is 11.3 Å². The third-order valence-corrected chi connectivity index (χ3v) is 5.56. The van der Waals surface area contributed by atoms with E-state index in [4.69, 9.17) is 0 Å². The smallest absolute Gasteiger partial charge is 0.275 e. The predicted molar refractivity (Wildman–Crippen MR) is 118 cm³/mol. The van der Waals surface area contributed by atoms with Crippen LogP contribution >= 0.6 is 0 Å². The lowest BCUT2D eigenvalue weighted by Gasteiger charge is -2.26. The molecule has 1 aliphatic rings. The van der Waals surface area contributed by atoms with E-state index in [1.165, 1.54) is 0 Å². The van der Waals surface area contributed by atoms with Crippen molar-refractivity contribution in [3.05, 3.63) is 48.2 Å². The van der Waals surface area contributed by atoms with E-state index in [0.29, 0.717) is 29.6 Å². The third kappa shape index (κ3) is 4.72. The van der Waals surface area contributed by atoms with Crippen LogP contribution in [0.5, 0.6) is 0 Å². The average molecular weight is 422 g/mol. The van der Waals surface area contributed by atoms with Crippen LogP contribution in [0, 0.1) is 12.8 Å². The van der Waals surface area contributed by atoms with Gasteiger partial charge in [-0.05, 0) is 39.3 Å². The first-order valence-electron chi connectivity index (χ1n) is 10.3. The molecule has 4 heterocycles. The van der Waals surface area contributed by atoms with Gasteiger partial charge in [-0.2, -0.15) is 5.10 Å². The molecule has 1 atom stereocenters. The fourth-order valence-electron chi connectivity index (χ4n) is 3.78. The van der Waals surface area contributed by atoms with Gasteiger partial charge in [0.05, 0.1) is 17.5 Å². The molecule has 31 heavy (non-hydrogen) atoms. The number of carbonyl (C=O) groups excluding carboxylic acids is 1. The number of carbonyl (C=O) groups is 1. The number of aromatic nitrogens is 5. The zero-order valence-electron chi connectivity index (χ0n) is 18.2. The Morgan fingerprint density at radius 3 is 2.74 bits per heavy atom. The molecule has 3 aromatic heterocycles. The zero-order chi connectivity index (χ0) is 22.2. The summed E-state index contributed by atoms with van der Waals surface area (Å²) in [5, 5.41) is 17.3. The van der Waals surface area contributed by atoms with Gasteiger partial charge < -0.3 is 15.3 Å². The molecular formula is C22H27N7O2. The number of aryl methyl sites for hydroxylation is 2. The summed E-state index contributed by atoms with van der Waals surface area (Å²) < 4.78 is 1.69. The Morgan fingerprint density at radius 2 is 2.06 bits per heavy atom. The van der Waals surface area contributed by atoms with Crippen molar-refractivity contribution in [3.63, 3.8) is 0 Å². The fourth-order valence-corrected chi connectivity index (χ4v) is 3.78. The van der Waals surface area contributed by atoms with Gasteiger partial charge in [-0.15, -0.1) is 0 Å². The quantitative estimate of drug-likeness (QED) is 0.651. The molecule has 0 saturated carbocycles. The van der Waals surface area contributed by atoms with Gasteiger partial charge in [0, 0.05) is 43.9 Å². The van der Waals surface area contributed by atoms with Crippen molar-refractivity contribution in [2.45, 2.75) is 32.8 Å². The Hall–Kier alpha value is -3.33. The predicted octanol–water partition coefficient (Wildman–Crippen LogP) is 2.43. The molecule has 9 heteroatoms. The van der Waals surface area contributed by atoms with Gasteiger partial charge >= 0.3 is 0 Å². The minimum Gasteiger partial charge on any atom is -0.390 e. The minimum atomic E-state index is -0.737. The Kier molecular flexibility index (Phi) is 5.45. The molecule has 0 spiro atoms. The van der Waals surface area contributed by atoms with Crippen molar-refractivity contribution in [3.8, 4) is 11.3 Å². The van der Waals surface area contributed by atoms with E-state index in [2.05, 4.69) is 30.3 Å². The van der Waals surface area contributed by atoms with Crippen molar-refractivity contribution in [1.29, 1.82) is 0 Å². The Morgan fingerprint density at radius 1 is 1.26 bits per heavy atom. The Balaban J connectivity index is 1.52. The van der Waals surface area contributed by atoms with Crippen LogP contribution in [0.3, 0.4) is 0 Å². The maximum absolute atomic E-state index is 12.8. The summed E-state index contributed by atoms with van der Waals surface area (Å²) in [6, 6.07) is 7.07. The molecule has 4 rings (SSSR count). The first-order chi connectivity index (χ1) is 14.7. The topological polar surface area (TPSA) is 109 Å². The number of aliphatic hydroxyl groups is 1. The summed E-state index contributed by atoms with van der Waals surface area (Å²) >= 11 is 0. The van der Waals surface area contributed by atoms with E-state index in [-0.39, 0.29) is 11.8 Å². The molecule has 162 valence electrons. The number of hydrogen-bond donors (Lipinski definition) is 2. The molecule has 0 radical (unpaired) electrons. The summed E-state index contributed by atoms with van der Waals surface area (Å²) in [5.74, 6) is 1.56. The van der Waals surface area contributed by atoms with Gasteiger partial charge in [-0.1, -0.05) is 6.07 Å². The molecule has 0 aliphatic carbocycles. The molecule has 9 nitrogen and oxygen atoms in total. The number of anilines is 2. The summed E-state index contributed by atoms with van der Waals surface area (Å²) in [5.41, 5.74) is 1.07. The van der Waals surface area contributed by atoms with Gasteiger partial charge in [0.2, 0.25) is 0 Å². The summed E-state index contributed by atoms with van der Waals surface area (Å²) in [7, 11) is 1.83. The minimum absolute atomic E-state index is 0.167. The van der Waals surface area contributed by atoms with Gasteiger partial charge in [0.25, 0.3) is 5.91 Å². The number of amides is 1. The first kappa shape index (κ1) is 20.9. The number of rotatable bonds is 5. The Labute approximate surface area is 181 Å². The standard InChI is InChI=1S/C22H27N7O2/c1-14-24-19(10-20(25-14)29-9-8-16(13-29)22(2,3)31)27-21(30)18-7-5-6-17(26-18)15-11-23-28(4)12-15/h5-7,10-12,16,31H,8-9,13H2,1-4H3,(H,24,25,27,30)/t16-/m0/s1. The highest BCUT2D eigenvalue weighted by Crippen LogP contribution is 2.30. The van der Waals surface area contributed by atoms with Crippen molar-refractivity contribution in [1.82, 2.24) is 24.7 Å². The number of hydrogen-bond acceptors (Lipinski definition) is 7. The summed E-state index contributed by atoms with van der Waals surface area (Å²) in [6.45, 7) is 6.98. The van der Waals surface area contributed by atoms with Crippen molar-refractivity contribution >= 4 is 17.5 Å². The van der Waals surface area contributed by atoms with Crippen LogP contribution in [0.4, 0.5) is 11.6 Å². The molecule has 1 aliphatic heterocycles. The van der Waals surface area contributed by atoms with Crippen LogP contribution in [0.2, 0.25) is 0 Å². The number of nitrogens with one attached hydrogen (secondary N) is 1. The third-order valence-electron chi connectivity index (χ3n) is 5.56. The zero-order valence-corrected chi connectivity index (χ0v) is 18.2. The molecule has 1 saturated heterocycles. The van der Waals surface area contributed by atoms with E-state index >= 15 is 0 Å². The van der Waals surface area contributed by atoms with Gasteiger partial charge in [-0.3, -0.25) is 9.48 Å². The van der Waals surface area contributed by atoms with Gasteiger partial charge in [0.15, 0.2) is 0 Å². The summed E-state index contributed by atoms with van der Waals surface area (Å²) in [6.07, 6.45) is 4.45. The second-order valence-corrected chi connectivity index (χ2v) is 8.51. The van der Waals surface area contributed by atoms with Crippen LogP contribution < -0.4 is 10.2 Å². The number of nitrogens with zero attached hydrogens (tertiary/aromatic N) is 6. The van der Waals surface area contributed by atoms with Crippen LogP contribution in [-0.2, 0) is 7.05 Å².